The van der Waals surface area contributed by atoms with E-state index in [1.165, 1.54) is 0 Å². The van der Waals surface area contributed by atoms with Crippen LogP contribution in [0.25, 0.3) is 0 Å². The van der Waals surface area contributed by atoms with Crippen molar-refractivity contribution in [1.82, 2.24) is 10.6 Å². The van der Waals surface area contributed by atoms with Crippen molar-refractivity contribution in [3.63, 3.8) is 0 Å². The summed E-state index contributed by atoms with van der Waals surface area (Å²) in [5.74, 6) is -1.46. The number of hydrogen-bond acceptors (Lipinski definition) is 9. The molecule has 1 aromatic carbocycles. The lowest BCUT2D eigenvalue weighted by Gasteiger charge is -2.22. The number of hydrogen-bond donors (Lipinski definition) is 3. The van der Waals surface area contributed by atoms with Gasteiger partial charge >= 0.3 is 18.2 Å². The van der Waals surface area contributed by atoms with Gasteiger partial charge in [-0.15, -0.1) is 0 Å². The van der Waals surface area contributed by atoms with Gasteiger partial charge in [0.05, 0.1) is 21.5 Å². The molecule has 1 fully saturated rings. The van der Waals surface area contributed by atoms with Crippen LogP contribution in [0.5, 0.6) is 0 Å². The van der Waals surface area contributed by atoms with E-state index in [2.05, 4.69) is 10.6 Å². The van der Waals surface area contributed by atoms with Crippen molar-refractivity contribution in [3.05, 3.63) is 44.0 Å². The van der Waals surface area contributed by atoms with Gasteiger partial charge in [0, 0.05) is 24.2 Å². The van der Waals surface area contributed by atoms with E-state index >= 15 is 0 Å². The molecule has 1 aliphatic carbocycles. The van der Waals surface area contributed by atoms with Gasteiger partial charge in [0.15, 0.2) is 0 Å². The molecule has 2 amide bonds. The Labute approximate surface area is 207 Å². The minimum Gasteiger partial charge on any atom is -0.478 e. The molecule has 2 unspecified atom stereocenters. The number of nitrogens with zero attached hydrogens (tertiary/aromatic N) is 2. The number of ether oxygens (including phenoxy) is 2. The van der Waals surface area contributed by atoms with E-state index in [0.29, 0.717) is 12.5 Å². The predicted octanol–water partition coefficient (Wildman–Crippen LogP) is 4.16. The van der Waals surface area contributed by atoms with Crippen molar-refractivity contribution in [2.24, 2.45) is 0 Å². The molecule has 2 rings (SSSR count). The SMILES string of the molecule is CC(C)(C)OC(=O)NC1CCC(NC(=O)OC(C)(C)C)C1.O=C(O)c1cc([N+](=O)[O-])cc([N+](=O)[O-])c1. The molecular formula is C22H32N4O10. The summed E-state index contributed by atoms with van der Waals surface area (Å²) in [6.07, 6.45) is 1.51. The van der Waals surface area contributed by atoms with Gasteiger partial charge < -0.3 is 25.2 Å². The fourth-order valence-electron chi connectivity index (χ4n) is 3.12. The van der Waals surface area contributed by atoms with Gasteiger partial charge in [0.1, 0.15) is 11.2 Å². The second kappa shape index (κ2) is 12.1. The van der Waals surface area contributed by atoms with Crippen molar-refractivity contribution in [1.29, 1.82) is 0 Å². The molecular weight excluding hydrogens is 480 g/mol. The highest BCUT2D eigenvalue weighted by molar-refractivity contribution is 5.89. The highest BCUT2D eigenvalue weighted by atomic mass is 16.6. The Kier molecular flexibility index (Phi) is 10.1. The zero-order valence-electron chi connectivity index (χ0n) is 21.0. The summed E-state index contributed by atoms with van der Waals surface area (Å²) in [5, 5.41) is 34.9. The first-order valence-electron chi connectivity index (χ1n) is 11.0. The number of nitro groups is 2. The van der Waals surface area contributed by atoms with Gasteiger partial charge in [-0.05, 0) is 60.8 Å². The third-order valence-corrected chi connectivity index (χ3v) is 4.45. The van der Waals surface area contributed by atoms with Crippen LogP contribution >= 0.6 is 0 Å². The molecule has 36 heavy (non-hydrogen) atoms. The zero-order valence-corrected chi connectivity index (χ0v) is 21.0. The third kappa shape index (κ3) is 11.4. The fraction of sp³-hybridized carbons (Fsp3) is 0.591. The first-order chi connectivity index (χ1) is 16.4. The summed E-state index contributed by atoms with van der Waals surface area (Å²) >= 11 is 0. The molecule has 200 valence electrons. The van der Waals surface area contributed by atoms with E-state index < -0.39 is 56.1 Å². The summed E-state index contributed by atoms with van der Waals surface area (Å²) in [6, 6.07) is 2.27. The number of alkyl carbamates (subject to hydrolysis) is 2. The average molecular weight is 513 g/mol. The van der Waals surface area contributed by atoms with Crippen LogP contribution in [0, 0.1) is 20.2 Å². The number of nitro benzene ring substituents is 2. The molecule has 14 heteroatoms. The van der Waals surface area contributed by atoms with Crippen molar-refractivity contribution >= 4 is 29.5 Å². The molecule has 2 atom stereocenters. The van der Waals surface area contributed by atoms with Crippen LogP contribution < -0.4 is 10.6 Å². The van der Waals surface area contributed by atoms with Crippen LogP contribution in [0.1, 0.15) is 71.2 Å². The number of carbonyl (C=O) groups excluding carboxylic acids is 2. The Morgan fingerprint density at radius 3 is 1.47 bits per heavy atom. The van der Waals surface area contributed by atoms with Crippen molar-refractivity contribution < 1.29 is 38.8 Å². The number of aromatic carboxylic acids is 1. The maximum Gasteiger partial charge on any atom is 0.407 e. The van der Waals surface area contributed by atoms with Gasteiger partial charge in [-0.3, -0.25) is 20.2 Å². The standard InChI is InChI=1S/C15H28N2O4.C7H4N2O6/c1-14(2,3)20-12(18)16-10-7-8-11(9-10)17-13(19)21-15(4,5)6;10-7(11)4-1-5(8(12)13)3-6(2-4)9(14)15/h10-11H,7-9H2,1-6H3,(H,16,18)(H,17,19);1-3H,(H,10,11). The summed E-state index contributed by atoms with van der Waals surface area (Å²) in [6.45, 7) is 11.0. The average Bonchev–Trinajstić information content (AvgIpc) is 3.11. The largest absolute Gasteiger partial charge is 0.478 e. The van der Waals surface area contributed by atoms with Crippen LogP contribution in [-0.4, -0.2) is 56.4 Å². The summed E-state index contributed by atoms with van der Waals surface area (Å²) in [7, 11) is 0. The molecule has 14 nitrogen and oxygen atoms in total. The molecule has 0 aliphatic heterocycles. The minimum absolute atomic E-state index is 0.0276. The maximum atomic E-state index is 11.7. The topological polar surface area (TPSA) is 200 Å². The van der Waals surface area contributed by atoms with Gasteiger partial charge in [0.2, 0.25) is 0 Å². The highest BCUT2D eigenvalue weighted by Gasteiger charge is 2.29. The molecule has 0 heterocycles. The number of non-ortho nitro benzene ring substituents is 2. The number of carboxylic acid groups (broad SMARTS) is 1. The van der Waals surface area contributed by atoms with Gasteiger partial charge in [-0.1, -0.05) is 0 Å². The number of carboxylic acids is 1. The zero-order chi connectivity index (χ0) is 27.8. The van der Waals surface area contributed by atoms with Crippen molar-refractivity contribution in [3.8, 4) is 0 Å². The number of nitrogens with one attached hydrogen (secondary N) is 2. The van der Waals surface area contributed by atoms with Crippen LogP contribution in [0.15, 0.2) is 18.2 Å². The molecule has 0 saturated heterocycles. The van der Waals surface area contributed by atoms with Gasteiger partial charge in [0.25, 0.3) is 11.4 Å². The lowest BCUT2D eigenvalue weighted by Crippen LogP contribution is -2.41. The van der Waals surface area contributed by atoms with Crippen LogP contribution in [-0.2, 0) is 9.47 Å². The molecule has 0 spiro atoms. The van der Waals surface area contributed by atoms with Gasteiger partial charge in [-0.25, -0.2) is 14.4 Å². The second-order valence-corrected chi connectivity index (χ2v) is 10.1. The molecule has 1 aromatic rings. The van der Waals surface area contributed by atoms with Crippen molar-refractivity contribution in [2.75, 3.05) is 0 Å². The van der Waals surface area contributed by atoms with E-state index in [9.17, 15) is 34.6 Å². The lowest BCUT2D eigenvalue weighted by atomic mass is 10.2. The number of benzene rings is 1. The smallest absolute Gasteiger partial charge is 0.407 e. The maximum absolute atomic E-state index is 11.7. The molecule has 0 radical (unpaired) electrons. The minimum atomic E-state index is -1.46. The number of amides is 2. The summed E-state index contributed by atoms with van der Waals surface area (Å²) < 4.78 is 10.4. The van der Waals surface area contributed by atoms with Crippen LogP contribution in [0.3, 0.4) is 0 Å². The van der Waals surface area contributed by atoms with Crippen LogP contribution in [0.4, 0.5) is 21.0 Å². The number of rotatable bonds is 5. The molecule has 0 aromatic heterocycles. The van der Waals surface area contributed by atoms with E-state index in [4.69, 9.17) is 14.6 Å². The van der Waals surface area contributed by atoms with E-state index in [1.54, 1.807) is 0 Å². The van der Waals surface area contributed by atoms with Crippen molar-refractivity contribution in [2.45, 2.75) is 84.1 Å². The summed E-state index contributed by atoms with van der Waals surface area (Å²) in [5.41, 5.74) is -2.74. The second-order valence-electron chi connectivity index (χ2n) is 10.1. The monoisotopic (exact) mass is 512 g/mol. The Bertz CT molecular complexity index is 883. The van der Waals surface area contributed by atoms with Crippen LogP contribution in [0.2, 0.25) is 0 Å². The first-order valence-corrected chi connectivity index (χ1v) is 11.0. The Balaban J connectivity index is 0.000000381. The molecule has 1 saturated carbocycles. The highest BCUT2D eigenvalue weighted by Crippen LogP contribution is 2.23. The lowest BCUT2D eigenvalue weighted by molar-refractivity contribution is -0.394. The predicted molar refractivity (Wildman–Crippen MR) is 127 cm³/mol. The first kappa shape index (κ1) is 30.1. The fourth-order valence-corrected chi connectivity index (χ4v) is 3.12. The molecule has 0 bridgehead atoms. The van der Waals surface area contributed by atoms with E-state index in [-0.39, 0.29) is 12.1 Å². The number of carbonyl (C=O) groups is 3. The summed E-state index contributed by atoms with van der Waals surface area (Å²) in [4.78, 5) is 52.8. The Morgan fingerprint density at radius 1 is 0.833 bits per heavy atom. The van der Waals surface area contributed by atoms with E-state index in [1.807, 2.05) is 41.5 Å². The molecule has 3 N–H and O–H groups in total. The molecule has 1 aliphatic rings. The Morgan fingerprint density at radius 2 is 1.19 bits per heavy atom. The quantitative estimate of drug-likeness (QED) is 0.380. The van der Waals surface area contributed by atoms with Gasteiger partial charge in [-0.2, -0.15) is 0 Å². The normalized spacial score (nSPS) is 17.2. The van der Waals surface area contributed by atoms with E-state index in [0.717, 1.165) is 25.0 Å². The third-order valence-electron chi connectivity index (χ3n) is 4.45. The Hall–Kier alpha value is -3.97.